The summed E-state index contributed by atoms with van der Waals surface area (Å²) in [6.07, 6.45) is 5.41. The summed E-state index contributed by atoms with van der Waals surface area (Å²) in [6, 6.07) is 14.7. The van der Waals surface area contributed by atoms with E-state index in [9.17, 15) is 14.4 Å². The largest absolute Gasteiger partial charge is 0.457 e. The second-order valence-electron chi connectivity index (χ2n) is 9.87. The minimum Gasteiger partial charge on any atom is -0.457 e. The molecule has 3 heterocycles. The third-order valence-electron chi connectivity index (χ3n) is 7.05. The molecule has 1 saturated heterocycles. The lowest BCUT2D eigenvalue weighted by Gasteiger charge is -2.39. The zero-order chi connectivity index (χ0) is 27.2. The molecule has 0 radical (unpaired) electrons. The Morgan fingerprint density at radius 1 is 1.10 bits per heavy atom. The predicted molar refractivity (Wildman–Crippen MR) is 143 cm³/mol. The number of aromatic nitrogens is 2. The number of carbonyl (C=O) groups excluding carboxylic acids is 3. The van der Waals surface area contributed by atoms with Crippen LogP contribution in [0.25, 0.3) is 0 Å². The van der Waals surface area contributed by atoms with E-state index < -0.39 is 6.04 Å². The molecule has 0 aliphatic carbocycles. The summed E-state index contributed by atoms with van der Waals surface area (Å²) >= 11 is 0. The van der Waals surface area contributed by atoms with E-state index in [0.29, 0.717) is 44.2 Å². The number of piperidine rings is 1. The van der Waals surface area contributed by atoms with Crippen LogP contribution in [0.3, 0.4) is 0 Å². The average Bonchev–Trinajstić information content (AvgIpc) is 3.44. The Balaban J connectivity index is 1.37. The highest BCUT2D eigenvalue weighted by atomic mass is 16.5. The van der Waals surface area contributed by atoms with Gasteiger partial charge in [-0.2, -0.15) is 0 Å². The number of nitrogens with one attached hydrogen (secondary N) is 1. The maximum absolute atomic E-state index is 13.2. The van der Waals surface area contributed by atoms with E-state index in [1.165, 1.54) is 4.90 Å². The number of benzene rings is 2. The summed E-state index contributed by atoms with van der Waals surface area (Å²) in [5, 5.41) is 3.06. The van der Waals surface area contributed by atoms with Crippen molar-refractivity contribution in [3.63, 3.8) is 0 Å². The number of hydrogen-bond donors (Lipinski definition) is 1. The highest BCUT2D eigenvalue weighted by molar-refractivity contribution is 5.86. The number of likely N-dealkylation sites (N-methyl/N-ethyl adjacent to an activating group) is 1. The monoisotopic (exact) mass is 531 g/mol. The van der Waals surface area contributed by atoms with Crippen molar-refractivity contribution in [2.45, 2.75) is 45.1 Å². The van der Waals surface area contributed by atoms with Crippen LogP contribution in [0.15, 0.2) is 67.3 Å². The van der Waals surface area contributed by atoms with Crippen molar-refractivity contribution in [1.29, 1.82) is 0 Å². The number of nitrogens with zero attached hydrogens (tertiary/aromatic N) is 4. The molecule has 10 heteroatoms. The van der Waals surface area contributed by atoms with Crippen molar-refractivity contribution in [1.82, 2.24) is 24.7 Å². The molecule has 2 aliphatic rings. The van der Waals surface area contributed by atoms with Crippen molar-refractivity contribution in [2.24, 2.45) is 0 Å². The van der Waals surface area contributed by atoms with Crippen molar-refractivity contribution >= 4 is 17.7 Å². The first-order valence-corrected chi connectivity index (χ1v) is 13.2. The topological polar surface area (TPSA) is 106 Å². The van der Waals surface area contributed by atoms with E-state index in [-0.39, 0.29) is 43.3 Å². The summed E-state index contributed by atoms with van der Waals surface area (Å²) in [6.45, 7) is 3.52. The van der Waals surface area contributed by atoms with Crippen LogP contribution in [0.2, 0.25) is 0 Å². The molecule has 10 nitrogen and oxygen atoms in total. The van der Waals surface area contributed by atoms with E-state index in [1.54, 1.807) is 28.2 Å². The van der Waals surface area contributed by atoms with E-state index in [4.69, 9.17) is 9.47 Å². The number of rotatable bonds is 3. The minimum atomic E-state index is -0.420. The fraction of sp³-hybridized carbons (Fsp3) is 0.379. The molecule has 0 saturated carbocycles. The smallest absolute Gasteiger partial charge is 0.242 e. The minimum absolute atomic E-state index is 0.0546. The van der Waals surface area contributed by atoms with Gasteiger partial charge in [0.15, 0.2) is 0 Å². The third kappa shape index (κ3) is 6.83. The molecule has 3 amide bonds. The predicted octanol–water partition coefficient (Wildman–Crippen LogP) is 2.38. The first-order valence-electron chi connectivity index (χ1n) is 13.2. The van der Waals surface area contributed by atoms with Gasteiger partial charge in [-0.1, -0.05) is 24.3 Å². The highest BCUT2D eigenvalue weighted by Crippen LogP contribution is 2.25. The first kappa shape index (κ1) is 26.4. The quantitative estimate of drug-likeness (QED) is 0.557. The molecule has 204 valence electrons. The molecule has 4 bridgehead atoms. The Bertz CT molecular complexity index is 1310. The van der Waals surface area contributed by atoms with E-state index in [2.05, 4.69) is 10.3 Å². The molecule has 5 rings (SSSR count). The molecular weight excluding hydrogens is 498 g/mol. The Morgan fingerprint density at radius 2 is 1.87 bits per heavy atom. The Kier molecular flexibility index (Phi) is 8.21. The van der Waals surface area contributed by atoms with Crippen LogP contribution in [0, 0.1) is 0 Å². The SMILES string of the molecule is CCN1CC(=O)N[C@H]2CN(C(=O)Cn3ccnc3)CC[C@@H]2OCc2cccc(c2)Oc2cccc(c2)CC1=O. The molecule has 2 aromatic carbocycles. The van der Waals surface area contributed by atoms with Gasteiger partial charge in [0.05, 0.1) is 38.0 Å². The van der Waals surface area contributed by atoms with Crippen LogP contribution in [-0.2, 0) is 38.7 Å². The van der Waals surface area contributed by atoms with Gasteiger partial charge in [0.25, 0.3) is 0 Å². The first-order chi connectivity index (χ1) is 19.0. The van der Waals surface area contributed by atoms with Crippen LogP contribution in [0.5, 0.6) is 11.5 Å². The molecule has 3 aromatic rings. The van der Waals surface area contributed by atoms with Gasteiger partial charge in [-0.05, 0) is 48.7 Å². The van der Waals surface area contributed by atoms with Crippen molar-refractivity contribution in [3.8, 4) is 11.5 Å². The third-order valence-corrected chi connectivity index (χ3v) is 7.05. The molecule has 1 N–H and O–H groups in total. The maximum atomic E-state index is 13.2. The number of fused-ring (bicyclic) bond motifs is 5. The van der Waals surface area contributed by atoms with Crippen molar-refractivity contribution in [3.05, 3.63) is 78.4 Å². The fourth-order valence-electron chi connectivity index (χ4n) is 4.98. The zero-order valence-corrected chi connectivity index (χ0v) is 22.0. The highest BCUT2D eigenvalue weighted by Gasteiger charge is 2.34. The maximum Gasteiger partial charge on any atom is 0.242 e. The number of amides is 3. The number of ether oxygens (including phenoxy) is 2. The van der Waals surface area contributed by atoms with Gasteiger partial charge < -0.3 is 29.2 Å². The summed E-state index contributed by atoms with van der Waals surface area (Å²) < 4.78 is 14.1. The average molecular weight is 532 g/mol. The van der Waals surface area contributed by atoms with Crippen LogP contribution in [0.1, 0.15) is 24.5 Å². The lowest BCUT2D eigenvalue weighted by molar-refractivity contribution is -0.139. The lowest BCUT2D eigenvalue weighted by atomic mass is 10.0. The van der Waals surface area contributed by atoms with Gasteiger partial charge >= 0.3 is 0 Å². The number of hydrogen-bond acceptors (Lipinski definition) is 6. The lowest BCUT2D eigenvalue weighted by Crippen LogP contribution is -2.58. The molecule has 0 unspecified atom stereocenters. The van der Waals surface area contributed by atoms with Crippen LogP contribution in [-0.4, -0.2) is 75.4 Å². The van der Waals surface area contributed by atoms with Gasteiger partial charge in [-0.25, -0.2) is 4.98 Å². The summed E-state index contributed by atoms with van der Waals surface area (Å²) in [5.41, 5.74) is 1.74. The van der Waals surface area contributed by atoms with Crippen molar-refractivity contribution in [2.75, 3.05) is 26.2 Å². The molecule has 2 aliphatic heterocycles. The number of carbonyl (C=O) groups is 3. The zero-order valence-electron chi connectivity index (χ0n) is 22.0. The fourth-order valence-corrected chi connectivity index (χ4v) is 4.98. The summed E-state index contributed by atoms with van der Waals surface area (Å²) in [5.74, 6) is 0.821. The number of likely N-dealkylation sites (tertiary alicyclic amines) is 1. The van der Waals surface area contributed by atoms with E-state index >= 15 is 0 Å². The van der Waals surface area contributed by atoms with E-state index in [0.717, 1.165) is 11.1 Å². The van der Waals surface area contributed by atoms with Crippen LogP contribution >= 0.6 is 0 Å². The van der Waals surface area contributed by atoms with Gasteiger partial charge in [0.1, 0.15) is 18.0 Å². The molecule has 1 aromatic heterocycles. The van der Waals surface area contributed by atoms with Gasteiger partial charge in [-0.15, -0.1) is 0 Å². The Hall–Kier alpha value is -4.18. The molecule has 0 spiro atoms. The molecule has 1 fully saturated rings. The van der Waals surface area contributed by atoms with Crippen LogP contribution in [0.4, 0.5) is 0 Å². The summed E-state index contributed by atoms with van der Waals surface area (Å²) in [4.78, 5) is 46.5. The van der Waals surface area contributed by atoms with Crippen molar-refractivity contribution < 1.29 is 23.9 Å². The van der Waals surface area contributed by atoms with Gasteiger partial charge in [0.2, 0.25) is 17.7 Å². The van der Waals surface area contributed by atoms with Crippen LogP contribution < -0.4 is 10.1 Å². The van der Waals surface area contributed by atoms with Gasteiger partial charge in [0, 0.05) is 32.0 Å². The second kappa shape index (κ2) is 12.1. The Labute approximate surface area is 227 Å². The Morgan fingerprint density at radius 3 is 2.62 bits per heavy atom. The normalized spacial score (nSPS) is 20.4. The standard InChI is InChI=1S/C29H33N5O5/c1-2-33-17-27(35)31-25-16-34(29(37)18-32-12-10-30-20-32)11-9-26(25)38-19-22-6-4-8-24(14-22)39-23-7-3-5-21(13-23)15-28(33)36/h3-8,10,12-14,20,25-26H,2,9,11,15-19H2,1H3,(H,31,35)/t25-,26-/m0/s1. The molecular formula is C29H33N5O5. The molecule has 39 heavy (non-hydrogen) atoms. The molecule has 2 atom stereocenters. The van der Waals surface area contributed by atoms with Gasteiger partial charge in [-0.3, -0.25) is 14.4 Å². The summed E-state index contributed by atoms with van der Waals surface area (Å²) in [7, 11) is 0. The number of imidazole rings is 1. The second-order valence-corrected chi connectivity index (χ2v) is 9.87. The van der Waals surface area contributed by atoms with E-state index in [1.807, 2.05) is 55.5 Å².